The summed E-state index contributed by atoms with van der Waals surface area (Å²) < 4.78 is 27.3. The molecule has 0 atom stereocenters. The van der Waals surface area contributed by atoms with Gasteiger partial charge in [0.15, 0.2) is 5.82 Å². The Kier molecular flexibility index (Phi) is 6.26. The van der Waals surface area contributed by atoms with Crippen molar-refractivity contribution in [3.63, 3.8) is 0 Å². The van der Waals surface area contributed by atoms with Crippen LogP contribution in [0.15, 0.2) is 48.5 Å². The van der Waals surface area contributed by atoms with E-state index in [1.54, 1.807) is 25.1 Å². The standard InChI is InChI=1S/C20H17F2N5O3/c1-12-10-17(26-19(25-12)13-4-2-5-14(11-13)27(29)30)23-8-9-24-20(28)18-15(21)6-3-7-16(18)22/h2-7,10-11H,8-9H2,1H3,(H,24,28)(H,23,25,26). The summed E-state index contributed by atoms with van der Waals surface area (Å²) in [6.45, 7) is 2.06. The molecule has 0 saturated carbocycles. The number of aromatic nitrogens is 2. The van der Waals surface area contributed by atoms with Crippen LogP contribution in [0.5, 0.6) is 0 Å². The number of anilines is 1. The van der Waals surface area contributed by atoms with Crippen molar-refractivity contribution in [2.24, 2.45) is 0 Å². The lowest BCUT2D eigenvalue weighted by Crippen LogP contribution is -2.30. The highest BCUT2D eigenvalue weighted by molar-refractivity contribution is 5.94. The fraction of sp³-hybridized carbons (Fsp3) is 0.150. The number of amides is 1. The summed E-state index contributed by atoms with van der Waals surface area (Å²) >= 11 is 0. The van der Waals surface area contributed by atoms with Crippen LogP contribution in [0.4, 0.5) is 20.3 Å². The molecule has 8 nitrogen and oxygen atoms in total. The quantitative estimate of drug-likeness (QED) is 0.349. The number of aryl methyl sites for hydroxylation is 1. The molecule has 0 radical (unpaired) electrons. The van der Waals surface area contributed by atoms with Crippen molar-refractivity contribution in [1.29, 1.82) is 0 Å². The van der Waals surface area contributed by atoms with Crippen molar-refractivity contribution in [1.82, 2.24) is 15.3 Å². The maximum atomic E-state index is 13.6. The van der Waals surface area contributed by atoms with Crippen molar-refractivity contribution in [2.45, 2.75) is 6.92 Å². The number of carbonyl (C=O) groups is 1. The molecule has 30 heavy (non-hydrogen) atoms. The molecule has 0 aliphatic carbocycles. The third-order valence-corrected chi connectivity index (χ3v) is 4.08. The molecule has 0 aliphatic rings. The van der Waals surface area contributed by atoms with Gasteiger partial charge in [-0.05, 0) is 19.1 Å². The average Bonchev–Trinajstić information content (AvgIpc) is 2.71. The Morgan fingerprint density at radius 2 is 1.77 bits per heavy atom. The Labute approximate surface area is 170 Å². The summed E-state index contributed by atoms with van der Waals surface area (Å²) in [5.41, 5.74) is 0.407. The molecular weight excluding hydrogens is 396 g/mol. The highest BCUT2D eigenvalue weighted by Gasteiger charge is 2.16. The van der Waals surface area contributed by atoms with E-state index >= 15 is 0 Å². The number of nitro groups is 1. The molecule has 0 spiro atoms. The van der Waals surface area contributed by atoms with Gasteiger partial charge in [-0.25, -0.2) is 18.7 Å². The van der Waals surface area contributed by atoms with Gasteiger partial charge in [0.05, 0.1) is 4.92 Å². The van der Waals surface area contributed by atoms with Crippen LogP contribution in [-0.2, 0) is 0 Å². The predicted octanol–water partition coefficient (Wildman–Crippen LogP) is 3.48. The zero-order valence-corrected chi connectivity index (χ0v) is 15.9. The number of halogens is 2. The van der Waals surface area contributed by atoms with Gasteiger partial charge >= 0.3 is 0 Å². The fourth-order valence-corrected chi connectivity index (χ4v) is 2.72. The van der Waals surface area contributed by atoms with Gasteiger partial charge in [-0.15, -0.1) is 0 Å². The van der Waals surface area contributed by atoms with Crippen LogP contribution in [0.2, 0.25) is 0 Å². The summed E-state index contributed by atoms with van der Waals surface area (Å²) in [7, 11) is 0. The number of benzene rings is 2. The highest BCUT2D eigenvalue weighted by Crippen LogP contribution is 2.22. The van der Waals surface area contributed by atoms with Crippen LogP contribution in [-0.4, -0.2) is 33.9 Å². The summed E-state index contributed by atoms with van der Waals surface area (Å²) in [5.74, 6) is -1.99. The van der Waals surface area contributed by atoms with Crippen LogP contribution in [0.25, 0.3) is 11.4 Å². The number of carbonyl (C=O) groups excluding carboxylic acids is 1. The molecule has 0 saturated heterocycles. The minimum atomic E-state index is -0.937. The lowest BCUT2D eigenvalue weighted by atomic mass is 10.2. The second-order valence-corrected chi connectivity index (χ2v) is 6.30. The molecule has 1 heterocycles. The molecule has 1 amide bonds. The third kappa shape index (κ3) is 4.90. The van der Waals surface area contributed by atoms with E-state index in [-0.39, 0.29) is 18.8 Å². The normalized spacial score (nSPS) is 10.5. The summed E-state index contributed by atoms with van der Waals surface area (Å²) in [6, 6.07) is 10.8. The van der Waals surface area contributed by atoms with E-state index in [2.05, 4.69) is 20.6 Å². The lowest BCUT2D eigenvalue weighted by Gasteiger charge is -2.10. The molecule has 0 fully saturated rings. The van der Waals surface area contributed by atoms with Crippen molar-refractivity contribution >= 4 is 17.4 Å². The first kappa shape index (κ1) is 20.8. The maximum Gasteiger partial charge on any atom is 0.270 e. The van der Waals surface area contributed by atoms with E-state index in [1.807, 2.05) is 0 Å². The molecular formula is C20H17F2N5O3. The van der Waals surface area contributed by atoms with Crippen molar-refractivity contribution in [3.05, 3.63) is 81.5 Å². The number of hydrogen-bond acceptors (Lipinski definition) is 6. The molecule has 1 aromatic heterocycles. The van der Waals surface area contributed by atoms with Gasteiger partial charge in [-0.3, -0.25) is 14.9 Å². The van der Waals surface area contributed by atoms with Crippen LogP contribution in [0, 0.1) is 28.7 Å². The molecule has 10 heteroatoms. The van der Waals surface area contributed by atoms with E-state index in [0.717, 1.165) is 12.1 Å². The fourth-order valence-electron chi connectivity index (χ4n) is 2.72. The number of nitrogens with one attached hydrogen (secondary N) is 2. The molecule has 0 bridgehead atoms. The molecule has 2 N–H and O–H groups in total. The molecule has 0 unspecified atom stereocenters. The minimum Gasteiger partial charge on any atom is -0.368 e. The maximum absolute atomic E-state index is 13.6. The Bertz CT molecular complexity index is 1090. The summed E-state index contributed by atoms with van der Waals surface area (Å²) in [4.78, 5) is 31.1. The Morgan fingerprint density at radius 3 is 2.47 bits per heavy atom. The van der Waals surface area contributed by atoms with Gasteiger partial charge < -0.3 is 10.6 Å². The van der Waals surface area contributed by atoms with E-state index in [0.29, 0.717) is 22.9 Å². The second kappa shape index (κ2) is 9.03. The third-order valence-electron chi connectivity index (χ3n) is 4.08. The molecule has 3 aromatic rings. The molecule has 3 rings (SSSR count). The first-order valence-corrected chi connectivity index (χ1v) is 8.92. The van der Waals surface area contributed by atoms with E-state index in [4.69, 9.17) is 0 Å². The number of nitro benzene ring substituents is 1. The van der Waals surface area contributed by atoms with Gasteiger partial charge in [0.1, 0.15) is 23.0 Å². The smallest absolute Gasteiger partial charge is 0.270 e. The highest BCUT2D eigenvalue weighted by atomic mass is 19.1. The van der Waals surface area contributed by atoms with Crippen molar-refractivity contribution in [2.75, 3.05) is 18.4 Å². The monoisotopic (exact) mass is 413 g/mol. The molecule has 0 aliphatic heterocycles. The number of nitrogens with zero attached hydrogens (tertiary/aromatic N) is 3. The van der Waals surface area contributed by atoms with Gasteiger partial charge in [-0.2, -0.15) is 0 Å². The first-order valence-electron chi connectivity index (χ1n) is 8.92. The molecule has 2 aromatic carbocycles. The lowest BCUT2D eigenvalue weighted by molar-refractivity contribution is -0.384. The van der Waals surface area contributed by atoms with Crippen molar-refractivity contribution in [3.8, 4) is 11.4 Å². The van der Waals surface area contributed by atoms with Crippen molar-refractivity contribution < 1.29 is 18.5 Å². The van der Waals surface area contributed by atoms with E-state index < -0.39 is 28.0 Å². The van der Waals surface area contributed by atoms with Gasteiger partial charge in [-0.1, -0.05) is 18.2 Å². The van der Waals surface area contributed by atoms with Crippen LogP contribution >= 0.6 is 0 Å². The average molecular weight is 413 g/mol. The SMILES string of the molecule is Cc1cc(NCCNC(=O)c2c(F)cccc2F)nc(-c2cccc([N+](=O)[O-])c2)n1. The van der Waals surface area contributed by atoms with Crippen LogP contribution < -0.4 is 10.6 Å². The number of hydrogen-bond donors (Lipinski definition) is 2. The Morgan fingerprint density at radius 1 is 1.07 bits per heavy atom. The van der Waals surface area contributed by atoms with E-state index in [1.165, 1.54) is 18.2 Å². The Balaban J connectivity index is 1.65. The van der Waals surface area contributed by atoms with Crippen LogP contribution in [0.1, 0.15) is 16.1 Å². The second-order valence-electron chi connectivity index (χ2n) is 6.30. The van der Waals surface area contributed by atoms with Gasteiger partial charge in [0, 0.05) is 42.5 Å². The zero-order chi connectivity index (χ0) is 21.7. The minimum absolute atomic E-state index is 0.0739. The predicted molar refractivity (Wildman–Crippen MR) is 106 cm³/mol. The number of non-ortho nitro benzene ring substituents is 1. The Hall–Kier alpha value is -3.95. The summed E-state index contributed by atoms with van der Waals surface area (Å²) in [5, 5.41) is 16.4. The topological polar surface area (TPSA) is 110 Å². The van der Waals surface area contributed by atoms with Gasteiger partial charge in [0.25, 0.3) is 11.6 Å². The first-order chi connectivity index (χ1) is 14.3. The molecule has 154 valence electrons. The zero-order valence-electron chi connectivity index (χ0n) is 15.9. The van der Waals surface area contributed by atoms with E-state index in [9.17, 15) is 23.7 Å². The summed E-state index contributed by atoms with van der Waals surface area (Å²) in [6.07, 6.45) is 0. The van der Waals surface area contributed by atoms with Gasteiger partial charge in [0.2, 0.25) is 0 Å². The van der Waals surface area contributed by atoms with Crippen LogP contribution in [0.3, 0.4) is 0 Å². The largest absolute Gasteiger partial charge is 0.368 e. The number of rotatable bonds is 7.